The SMILES string of the molecule is COCCNC(=O)c1cccc(C(=O)Nc2ccc(F)c(Cl)c2)n1. The van der Waals surface area contributed by atoms with Crippen molar-refractivity contribution in [1.82, 2.24) is 10.3 Å². The molecule has 24 heavy (non-hydrogen) atoms. The molecule has 8 heteroatoms. The number of hydrogen-bond donors (Lipinski definition) is 2. The largest absolute Gasteiger partial charge is 0.383 e. The van der Waals surface area contributed by atoms with Gasteiger partial charge in [0, 0.05) is 19.3 Å². The van der Waals surface area contributed by atoms with Crippen molar-refractivity contribution in [3.8, 4) is 0 Å². The van der Waals surface area contributed by atoms with Crippen molar-refractivity contribution in [3.63, 3.8) is 0 Å². The molecule has 0 aliphatic carbocycles. The Kier molecular flexibility index (Phi) is 6.22. The molecule has 2 N–H and O–H groups in total. The van der Waals surface area contributed by atoms with Gasteiger partial charge < -0.3 is 15.4 Å². The highest BCUT2D eigenvalue weighted by Gasteiger charge is 2.13. The Balaban J connectivity index is 2.08. The van der Waals surface area contributed by atoms with Gasteiger partial charge >= 0.3 is 0 Å². The van der Waals surface area contributed by atoms with E-state index in [-0.39, 0.29) is 16.4 Å². The molecule has 0 bridgehead atoms. The quantitative estimate of drug-likeness (QED) is 0.784. The zero-order chi connectivity index (χ0) is 17.5. The average Bonchev–Trinajstić information content (AvgIpc) is 2.58. The lowest BCUT2D eigenvalue weighted by molar-refractivity contribution is 0.0932. The number of methoxy groups -OCH3 is 1. The predicted octanol–water partition coefficient (Wildman–Crippen LogP) is 2.50. The first-order valence-corrected chi connectivity index (χ1v) is 7.39. The molecule has 0 saturated heterocycles. The van der Waals surface area contributed by atoms with Crippen molar-refractivity contribution in [2.45, 2.75) is 0 Å². The molecule has 2 amide bonds. The van der Waals surface area contributed by atoms with Crippen LogP contribution < -0.4 is 10.6 Å². The Morgan fingerprint density at radius 1 is 1.21 bits per heavy atom. The van der Waals surface area contributed by atoms with Gasteiger partial charge in [0.2, 0.25) is 0 Å². The number of benzene rings is 1. The molecular weight excluding hydrogens is 337 g/mol. The van der Waals surface area contributed by atoms with Crippen LogP contribution in [-0.4, -0.2) is 37.1 Å². The van der Waals surface area contributed by atoms with E-state index in [9.17, 15) is 14.0 Å². The second kappa shape index (κ2) is 8.37. The number of aromatic nitrogens is 1. The van der Waals surface area contributed by atoms with Crippen molar-refractivity contribution >= 4 is 29.1 Å². The maximum absolute atomic E-state index is 13.1. The number of ether oxygens (including phenoxy) is 1. The number of halogens is 2. The van der Waals surface area contributed by atoms with E-state index in [1.54, 1.807) is 6.07 Å². The van der Waals surface area contributed by atoms with E-state index in [2.05, 4.69) is 15.6 Å². The molecule has 6 nitrogen and oxygen atoms in total. The van der Waals surface area contributed by atoms with Crippen molar-refractivity contribution in [2.75, 3.05) is 25.6 Å². The highest BCUT2D eigenvalue weighted by atomic mass is 35.5. The molecule has 1 aromatic carbocycles. The lowest BCUT2D eigenvalue weighted by Gasteiger charge is -2.07. The fourth-order valence-corrected chi connectivity index (χ4v) is 1.99. The number of amides is 2. The lowest BCUT2D eigenvalue weighted by Crippen LogP contribution is -2.28. The molecule has 0 aliphatic heterocycles. The van der Waals surface area contributed by atoms with E-state index in [0.29, 0.717) is 18.8 Å². The van der Waals surface area contributed by atoms with Crippen LogP contribution in [0.2, 0.25) is 5.02 Å². The zero-order valence-corrected chi connectivity index (χ0v) is 13.6. The van der Waals surface area contributed by atoms with Crippen LogP contribution in [0, 0.1) is 5.82 Å². The molecule has 0 fully saturated rings. The number of nitrogens with zero attached hydrogens (tertiary/aromatic N) is 1. The topological polar surface area (TPSA) is 80.3 Å². The van der Waals surface area contributed by atoms with Gasteiger partial charge in [-0.2, -0.15) is 0 Å². The van der Waals surface area contributed by atoms with Gasteiger partial charge in [-0.25, -0.2) is 9.37 Å². The Hall–Kier alpha value is -2.51. The minimum absolute atomic E-state index is 0.0508. The molecule has 0 saturated carbocycles. The minimum Gasteiger partial charge on any atom is -0.383 e. The number of pyridine rings is 1. The number of nitrogens with one attached hydrogen (secondary N) is 2. The van der Waals surface area contributed by atoms with Crippen LogP contribution >= 0.6 is 11.6 Å². The van der Waals surface area contributed by atoms with Gasteiger partial charge in [0.25, 0.3) is 11.8 Å². The summed E-state index contributed by atoms with van der Waals surface area (Å²) in [5, 5.41) is 5.05. The fraction of sp³-hybridized carbons (Fsp3) is 0.188. The molecule has 0 aliphatic rings. The maximum Gasteiger partial charge on any atom is 0.274 e. The summed E-state index contributed by atoms with van der Waals surface area (Å²) in [4.78, 5) is 28.1. The van der Waals surface area contributed by atoms with Gasteiger partial charge in [0.1, 0.15) is 17.2 Å². The Morgan fingerprint density at radius 3 is 2.58 bits per heavy atom. The third kappa shape index (κ3) is 4.74. The third-order valence-corrected chi connectivity index (χ3v) is 3.27. The smallest absolute Gasteiger partial charge is 0.274 e. The molecular formula is C16H15ClFN3O3. The van der Waals surface area contributed by atoms with Crippen LogP contribution in [0.15, 0.2) is 36.4 Å². The van der Waals surface area contributed by atoms with Crippen LogP contribution in [0.5, 0.6) is 0 Å². The van der Waals surface area contributed by atoms with Crippen LogP contribution in [0.25, 0.3) is 0 Å². The second-order valence-electron chi connectivity index (χ2n) is 4.74. The Labute approximate surface area is 143 Å². The van der Waals surface area contributed by atoms with Gasteiger partial charge in [-0.3, -0.25) is 9.59 Å². The standard InChI is InChI=1S/C16H15ClFN3O3/c1-24-8-7-19-15(22)13-3-2-4-14(21-13)16(23)20-10-5-6-12(18)11(17)9-10/h2-6,9H,7-8H2,1H3,(H,19,22)(H,20,23). The molecule has 0 atom stereocenters. The summed E-state index contributed by atoms with van der Waals surface area (Å²) in [6, 6.07) is 8.31. The maximum atomic E-state index is 13.1. The summed E-state index contributed by atoms with van der Waals surface area (Å²) >= 11 is 5.67. The first kappa shape index (κ1) is 17.8. The highest BCUT2D eigenvalue weighted by molar-refractivity contribution is 6.31. The number of carbonyl (C=O) groups is 2. The van der Waals surface area contributed by atoms with Gasteiger partial charge in [-0.15, -0.1) is 0 Å². The second-order valence-corrected chi connectivity index (χ2v) is 5.15. The highest BCUT2D eigenvalue weighted by Crippen LogP contribution is 2.19. The summed E-state index contributed by atoms with van der Waals surface area (Å²) in [6.45, 7) is 0.707. The summed E-state index contributed by atoms with van der Waals surface area (Å²) in [7, 11) is 1.52. The van der Waals surface area contributed by atoms with Gasteiger partial charge in [-0.05, 0) is 30.3 Å². The number of hydrogen-bond acceptors (Lipinski definition) is 4. The zero-order valence-electron chi connectivity index (χ0n) is 12.8. The molecule has 126 valence electrons. The molecule has 2 aromatic rings. The van der Waals surface area contributed by atoms with Gasteiger partial charge in [0.15, 0.2) is 0 Å². The van der Waals surface area contributed by atoms with Crippen molar-refractivity contribution in [1.29, 1.82) is 0 Å². The molecule has 2 rings (SSSR count). The third-order valence-electron chi connectivity index (χ3n) is 2.98. The Morgan fingerprint density at radius 2 is 1.92 bits per heavy atom. The normalized spacial score (nSPS) is 10.3. The van der Waals surface area contributed by atoms with Gasteiger partial charge in [-0.1, -0.05) is 17.7 Å². The first-order valence-electron chi connectivity index (χ1n) is 7.02. The van der Waals surface area contributed by atoms with Crippen LogP contribution in [0.3, 0.4) is 0 Å². The lowest BCUT2D eigenvalue weighted by atomic mass is 10.2. The fourth-order valence-electron chi connectivity index (χ4n) is 1.81. The predicted molar refractivity (Wildman–Crippen MR) is 87.8 cm³/mol. The summed E-state index contributed by atoms with van der Waals surface area (Å²) in [6.07, 6.45) is 0. The summed E-state index contributed by atoms with van der Waals surface area (Å²) < 4.78 is 18.0. The van der Waals surface area contributed by atoms with E-state index < -0.39 is 17.6 Å². The summed E-state index contributed by atoms with van der Waals surface area (Å²) in [5.74, 6) is -1.53. The molecule has 1 heterocycles. The molecule has 0 spiro atoms. The molecule has 1 aromatic heterocycles. The van der Waals surface area contributed by atoms with E-state index in [1.807, 2.05) is 0 Å². The average molecular weight is 352 g/mol. The van der Waals surface area contributed by atoms with Crippen LogP contribution in [0.1, 0.15) is 21.0 Å². The monoisotopic (exact) mass is 351 g/mol. The van der Waals surface area contributed by atoms with Crippen LogP contribution in [0.4, 0.5) is 10.1 Å². The van der Waals surface area contributed by atoms with E-state index >= 15 is 0 Å². The minimum atomic E-state index is -0.581. The first-order chi connectivity index (χ1) is 11.5. The van der Waals surface area contributed by atoms with E-state index in [0.717, 1.165) is 6.07 Å². The molecule has 0 radical (unpaired) electrons. The van der Waals surface area contributed by atoms with Crippen molar-refractivity contribution in [3.05, 3.63) is 58.6 Å². The summed E-state index contributed by atoms with van der Waals surface area (Å²) in [5.41, 5.74) is 0.480. The van der Waals surface area contributed by atoms with Crippen LogP contribution in [-0.2, 0) is 4.74 Å². The van der Waals surface area contributed by atoms with Gasteiger partial charge in [0.05, 0.1) is 11.6 Å². The Bertz CT molecular complexity index is 755. The van der Waals surface area contributed by atoms with E-state index in [1.165, 1.54) is 31.4 Å². The van der Waals surface area contributed by atoms with E-state index in [4.69, 9.17) is 16.3 Å². The van der Waals surface area contributed by atoms with Crippen molar-refractivity contribution < 1.29 is 18.7 Å². The number of carbonyl (C=O) groups excluding carboxylic acids is 2. The number of rotatable bonds is 6. The molecule has 0 unspecified atom stereocenters. The van der Waals surface area contributed by atoms with Crippen molar-refractivity contribution in [2.24, 2.45) is 0 Å². The number of anilines is 1.